The van der Waals surface area contributed by atoms with Gasteiger partial charge in [0.1, 0.15) is 5.69 Å². The van der Waals surface area contributed by atoms with Crippen LogP contribution in [0.3, 0.4) is 0 Å². The van der Waals surface area contributed by atoms with Crippen molar-refractivity contribution in [2.24, 2.45) is 5.73 Å². The van der Waals surface area contributed by atoms with Crippen LogP contribution in [0.25, 0.3) is 10.9 Å². The lowest BCUT2D eigenvalue weighted by atomic mass is 10.1. The van der Waals surface area contributed by atoms with Gasteiger partial charge in [0.25, 0.3) is 5.91 Å². The lowest BCUT2D eigenvalue weighted by molar-refractivity contribution is 0.0342. The normalized spacial score (nSPS) is 15.4. The number of hydrogen-bond acceptors (Lipinski definition) is 4. The zero-order valence-corrected chi connectivity index (χ0v) is 15.2. The highest BCUT2D eigenvalue weighted by molar-refractivity contribution is 7.99. The van der Waals surface area contributed by atoms with Gasteiger partial charge in [-0.1, -0.05) is 36.0 Å². The second-order valence-electron chi connectivity index (χ2n) is 6.38. The summed E-state index contributed by atoms with van der Waals surface area (Å²) in [6, 6.07) is 16.3. The highest BCUT2D eigenvalue weighted by atomic mass is 32.2. The number of amides is 1. The lowest BCUT2D eigenvalue weighted by Gasteiger charge is -2.26. The van der Waals surface area contributed by atoms with Gasteiger partial charge < -0.3 is 15.5 Å². The van der Waals surface area contributed by atoms with E-state index in [4.69, 9.17) is 10.5 Å². The Kier molecular flexibility index (Phi) is 4.97. The van der Waals surface area contributed by atoms with Gasteiger partial charge in [0, 0.05) is 35.4 Å². The van der Waals surface area contributed by atoms with Crippen molar-refractivity contribution in [1.29, 1.82) is 0 Å². The van der Waals surface area contributed by atoms with Crippen molar-refractivity contribution < 1.29 is 9.53 Å². The maximum absolute atomic E-state index is 11.9. The largest absolute Gasteiger partial charge is 0.379 e. The molecule has 0 atom stereocenters. The maximum atomic E-state index is 11.9. The molecule has 0 saturated carbocycles. The highest BCUT2D eigenvalue weighted by Crippen LogP contribution is 2.37. The van der Waals surface area contributed by atoms with Crippen LogP contribution in [0.1, 0.15) is 16.1 Å². The third-order valence-corrected chi connectivity index (χ3v) is 5.67. The molecule has 1 amide bonds. The number of nitrogens with zero attached hydrogens (tertiary/aromatic N) is 1. The van der Waals surface area contributed by atoms with Crippen LogP contribution in [-0.2, 0) is 11.3 Å². The number of rotatable bonds is 5. The highest BCUT2D eigenvalue weighted by Gasteiger charge is 2.18. The molecule has 2 aromatic carbocycles. The smallest absolute Gasteiger partial charge is 0.266 e. The molecule has 134 valence electrons. The van der Waals surface area contributed by atoms with Crippen LogP contribution >= 0.6 is 11.8 Å². The summed E-state index contributed by atoms with van der Waals surface area (Å²) in [6.07, 6.45) is 0. The molecule has 3 aromatic rings. The van der Waals surface area contributed by atoms with E-state index in [0.717, 1.165) is 53.5 Å². The molecule has 0 radical (unpaired) electrons. The molecule has 26 heavy (non-hydrogen) atoms. The molecular weight excluding hydrogens is 346 g/mol. The number of carbonyl (C=O) groups is 1. The molecular formula is C20H21N3O2S. The molecule has 1 saturated heterocycles. The fourth-order valence-electron chi connectivity index (χ4n) is 3.22. The third kappa shape index (κ3) is 3.62. The van der Waals surface area contributed by atoms with E-state index in [2.05, 4.69) is 22.0 Å². The number of primary amides is 1. The summed E-state index contributed by atoms with van der Waals surface area (Å²) < 4.78 is 5.42. The summed E-state index contributed by atoms with van der Waals surface area (Å²) in [5.41, 5.74) is 8.24. The Bertz CT molecular complexity index is 917. The fraction of sp³-hybridized carbons (Fsp3) is 0.250. The van der Waals surface area contributed by atoms with Gasteiger partial charge in [0.2, 0.25) is 0 Å². The molecule has 4 rings (SSSR count). The Labute approximate surface area is 156 Å². The van der Waals surface area contributed by atoms with Gasteiger partial charge in [-0.2, -0.15) is 0 Å². The number of fused-ring (bicyclic) bond motifs is 1. The molecule has 5 nitrogen and oxygen atoms in total. The first-order chi connectivity index (χ1) is 12.7. The Morgan fingerprint density at radius 3 is 2.65 bits per heavy atom. The van der Waals surface area contributed by atoms with E-state index < -0.39 is 5.91 Å². The fourth-order valence-corrected chi connectivity index (χ4v) is 4.28. The summed E-state index contributed by atoms with van der Waals surface area (Å²) in [4.78, 5) is 19.5. The average Bonchev–Trinajstić information content (AvgIpc) is 3.02. The van der Waals surface area contributed by atoms with E-state index in [9.17, 15) is 4.79 Å². The molecule has 1 aromatic heterocycles. The van der Waals surface area contributed by atoms with Gasteiger partial charge >= 0.3 is 0 Å². The molecule has 0 spiro atoms. The van der Waals surface area contributed by atoms with Crippen molar-refractivity contribution in [3.8, 4) is 0 Å². The van der Waals surface area contributed by atoms with Gasteiger partial charge in [-0.25, -0.2) is 0 Å². The zero-order chi connectivity index (χ0) is 17.9. The molecule has 1 aliphatic rings. The molecule has 0 bridgehead atoms. The van der Waals surface area contributed by atoms with Crippen LogP contribution < -0.4 is 5.73 Å². The number of nitrogens with one attached hydrogen (secondary N) is 1. The summed E-state index contributed by atoms with van der Waals surface area (Å²) in [5, 5.41) is 1.04. The second-order valence-corrected chi connectivity index (χ2v) is 7.46. The molecule has 0 unspecified atom stereocenters. The van der Waals surface area contributed by atoms with E-state index in [-0.39, 0.29) is 0 Å². The topological polar surface area (TPSA) is 71.4 Å². The minimum Gasteiger partial charge on any atom is -0.379 e. The van der Waals surface area contributed by atoms with Crippen LogP contribution in [0.4, 0.5) is 0 Å². The van der Waals surface area contributed by atoms with Gasteiger partial charge in [-0.3, -0.25) is 9.69 Å². The van der Waals surface area contributed by atoms with Crippen molar-refractivity contribution in [3.63, 3.8) is 0 Å². The number of benzene rings is 2. The van der Waals surface area contributed by atoms with Crippen molar-refractivity contribution >= 4 is 28.6 Å². The summed E-state index contributed by atoms with van der Waals surface area (Å²) >= 11 is 1.57. The van der Waals surface area contributed by atoms with E-state index in [0.29, 0.717) is 5.69 Å². The van der Waals surface area contributed by atoms with Crippen molar-refractivity contribution in [2.75, 3.05) is 26.3 Å². The Hall–Kier alpha value is -2.28. The zero-order valence-electron chi connectivity index (χ0n) is 14.4. The molecule has 3 N–H and O–H groups in total. The number of nitrogens with two attached hydrogens (primary N) is 1. The van der Waals surface area contributed by atoms with Crippen LogP contribution in [-0.4, -0.2) is 42.1 Å². The molecule has 1 aliphatic heterocycles. The van der Waals surface area contributed by atoms with Crippen LogP contribution in [0.5, 0.6) is 0 Å². The van der Waals surface area contributed by atoms with Gasteiger partial charge in [0.05, 0.1) is 18.1 Å². The van der Waals surface area contributed by atoms with Gasteiger partial charge in [0.15, 0.2) is 0 Å². The molecule has 1 fully saturated rings. The van der Waals surface area contributed by atoms with Crippen molar-refractivity contribution in [1.82, 2.24) is 9.88 Å². The molecule has 0 aliphatic carbocycles. The number of aromatic nitrogens is 1. The SMILES string of the molecule is NC(=O)c1[nH]c2ccc(CN3CCOCC3)cc2c1Sc1ccccc1. The predicted molar refractivity (Wildman–Crippen MR) is 103 cm³/mol. The molecule has 2 heterocycles. The van der Waals surface area contributed by atoms with E-state index in [1.807, 2.05) is 36.4 Å². The monoisotopic (exact) mass is 367 g/mol. The number of morpholine rings is 1. The number of carbonyl (C=O) groups excluding carboxylic acids is 1. The number of ether oxygens (including phenoxy) is 1. The third-order valence-electron chi connectivity index (χ3n) is 4.53. The quantitative estimate of drug-likeness (QED) is 0.726. The minimum absolute atomic E-state index is 0.436. The number of H-pyrrole nitrogens is 1. The van der Waals surface area contributed by atoms with Crippen LogP contribution in [0.2, 0.25) is 0 Å². The van der Waals surface area contributed by atoms with Crippen molar-refractivity contribution in [3.05, 3.63) is 59.8 Å². The van der Waals surface area contributed by atoms with Crippen molar-refractivity contribution in [2.45, 2.75) is 16.3 Å². The summed E-state index contributed by atoms with van der Waals surface area (Å²) in [6.45, 7) is 4.35. The first-order valence-corrected chi connectivity index (χ1v) is 9.50. The second kappa shape index (κ2) is 7.53. The Morgan fingerprint density at radius 2 is 1.92 bits per heavy atom. The lowest BCUT2D eigenvalue weighted by Crippen LogP contribution is -2.35. The van der Waals surface area contributed by atoms with Crippen LogP contribution in [0.15, 0.2) is 58.3 Å². The summed E-state index contributed by atoms with van der Waals surface area (Å²) in [7, 11) is 0. The van der Waals surface area contributed by atoms with Crippen LogP contribution in [0, 0.1) is 0 Å². The van der Waals surface area contributed by atoms with E-state index >= 15 is 0 Å². The van der Waals surface area contributed by atoms with E-state index in [1.165, 1.54) is 5.56 Å². The Morgan fingerprint density at radius 1 is 1.15 bits per heavy atom. The van der Waals surface area contributed by atoms with E-state index in [1.54, 1.807) is 11.8 Å². The predicted octanol–water partition coefficient (Wildman–Crippen LogP) is 3.25. The summed E-state index contributed by atoms with van der Waals surface area (Å²) in [5.74, 6) is -0.436. The maximum Gasteiger partial charge on any atom is 0.266 e. The minimum atomic E-state index is -0.436. The number of hydrogen-bond donors (Lipinski definition) is 2. The number of aromatic amines is 1. The first-order valence-electron chi connectivity index (χ1n) is 8.68. The standard InChI is InChI=1S/C20H21N3O2S/c21-20(24)18-19(26-15-4-2-1-3-5-15)16-12-14(6-7-17(16)22-18)13-23-8-10-25-11-9-23/h1-7,12,22H,8-11,13H2,(H2,21,24). The Balaban J connectivity index is 1.70. The molecule has 6 heteroatoms. The van der Waals surface area contributed by atoms with Gasteiger partial charge in [-0.15, -0.1) is 0 Å². The average molecular weight is 367 g/mol. The van der Waals surface area contributed by atoms with Gasteiger partial charge in [-0.05, 0) is 29.8 Å². The first kappa shape index (κ1) is 17.1.